The Morgan fingerprint density at radius 3 is 2.45 bits per heavy atom. The Hall–Kier alpha value is -1.84. The zero-order valence-electron chi connectivity index (χ0n) is 12.0. The number of fused-ring (bicyclic) bond motifs is 1. The molecule has 0 aromatic heterocycles. The predicted octanol–water partition coefficient (Wildman–Crippen LogP) is 1.14. The van der Waals surface area contributed by atoms with Crippen molar-refractivity contribution in [3.8, 4) is 0 Å². The van der Waals surface area contributed by atoms with Gasteiger partial charge in [0.15, 0.2) is 0 Å². The number of rotatable bonds is 1. The van der Waals surface area contributed by atoms with Crippen LogP contribution in [-0.2, 0) is 22.4 Å². The number of hydrogen-bond acceptors (Lipinski definition) is 2. The average Bonchev–Trinajstić information content (AvgIpc) is 2.85. The topological polar surface area (TPSA) is 49.4 Å². The average molecular weight is 272 g/mol. The first-order valence-electron chi connectivity index (χ1n) is 7.16. The van der Waals surface area contributed by atoms with Gasteiger partial charge in [0.25, 0.3) is 0 Å². The van der Waals surface area contributed by atoms with Crippen LogP contribution in [0.15, 0.2) is 24.3 Å². The molecule has 4 heteroatoms. The van der Waals surface area contributed by atoms with Crippen LogP contribution in [-0.4, -0.2) is 35.3 Å². The van der Waals surface area contributed by atoms with Crippen LogP contribution in [0.3, 0.4) is 0 Å². The maximum atomic E-state index is 12.8. The molecule has 4 nitrogen and oxygen atoms in total. The van der Waals surface area contributed by atoms with E-state index in [1.54, 1.807) is 4.90 Å². The molecule has 1 N–H and O–H groups in total. The predicted molar refractivity (Wildman–Crippen MR) is 76.1 cm³/mol. The lowest BCUT2D eigenvalue weighted by atomic mass is 9.95. The Kier molecular flexibility index (Phi) is 3.04. The van der Waals surface area contributed by atoms with Crippen molar-refractivity contribution in [3.05, 3.63) is 35.4 Å². The molecule has 2 aliphatic rings. The fourth-order valence-electron chi connectivity index (χ4n) is 3.24. The minimum Gasteiger partial charge on any atom is -0.352 e. The number of hydrogen-bond donors (Lipinski definition) is 1. The summed E-state index contributed by atoms with van der Waals surface area (Å²) in [5.74, 6) is 0.0336. The van der Waals surface area contributed by atoms with Gasteiger partial charge in [0.05, 0.1) is 0 Å². The Morgan fingerprint density at radius 1 is 1.25 bits per heavy atom. The Balaban J connectivity index is 1.79. The van der Waals surface area contributed by atoms with Crippen molar-refractivity contribution in [1.29, 1.82) is 0 Å². The lowest BCUT2D eigenvalue weighted by molar-refractivity contribution is -0.151. The fourth-order valence-corrected chi connectivity index (χ4v) is 3.24. The van der Waals surface area contributed by atoms with Crippen LogP contribution >= 0.6 is 0 Å². The summed E-state index contributed by atoms with van der Waals surface area (Å²) in [4.78, 5) is 26.5. The summed E-state index contributed by atoms with van der Waals surface area (Å²) in [5, 5.41) is 2.83. The van der Waals surface area contributed by atoms with Gasteiger partial charge in [-0.3, -0.25) is 9.59 Å². The van der Waals surface area contributed by atoms with Crippen LogP contribution in [0.5, 0.6) is 0 Å². The van der Waals surface area contributed by atoms with Crippen LogP contribution in [0.25, 0.3) is 0 Å². The van der Waals surface area contributed by atoms with E-state index in [0.717, 1.165) is 12.8 Å². The third-order valence-electron chi connectivity index (χ3n) is 4.52. The van der Waals surface area contributed by atoms with E-state index in [1.807, 2.05) is 26.0 Å². The highest BCUT2D eigenvalue weighted by atomic mass is 16.2. The molecular weight excluding hydrogens is 252 g/mol. The van der Waals surface area contributed by atoms with Crippen LogP contribution in [0.1, 0.15) is 25.0 Å². The van der Waals surface area contributed by atoms with Crippen molar-refractivity contribution in [1.82, 2.24) is 10.2 Å². The molecule has 1 saturated heterocycles. The van der Waals surface area contributed by atoms with Crippen molar-refractivity contribution >= 4 is 11.8 Å². The smallest absolute Gasteiger partial charge is 0.245 e. The molecule has 3 rings (SSSR count). The maximum absolute atomic E-state index is 12.8. The van der Waals surface area contributed by atoms with Gasteiger partial charge >= 0.3 is 0 Å². The second-order valence-electron chi connectivity index (χ2n) is 6.18. The van der Waals surface area contributed by atoms with Gasteiger partial charge in [-0.05, 0) is 37.8 Å². The summed E-state index contributed by atoms with van der Waals surface area (Å²) >= 11 is 0. The van der Waals surface area contributed by atoms with Gasteiger partial charge in [-0.2, -0.15) is 0 Å². The number of nitrogens with one attached hydrogen (secondary N) is 1. The van der Waals surface area contributed by atoms with Crippen molar-refractivity contribution < 1.29 is 9.59 Å². The second-order valence-corrected chi connectivity index (χ2v) is 6.18. The first kappa shape index (κ1) is 13.2. The number of nitrogens with zero attached hydrogens (tertiary/aromatic N) is 1. The number of carbonyl (C=O) groups excluding carboxylic acids is 2. The highest BCUT2D eigenvalue weighted by molar-refractivity contribution is 5.92. The van der Waals surface area contributed by atoms with Crippen molar-refractivity contribution in [2.45, 2.75) is 32.2 Å². The molecule has 0 saturated carbocycles. The van der Waals surface area contributed by atoms with E-state index < -0.39 is 5.54 Å². The number of amides is 2. The van der Waals surface area contributed by atoms with Crippen LogP contribution in [0.4, 0.5) is 0 Å². The Labute approximate surface area is 119 Å². The van der Waals surface area contributed by atoms with E-state index in [2.05, 4.69) is 17.4 Å². The summed E-state index contributed by atoms with van der Waals surface area (Å²) < 4.78 is 0. The minimum atomic E-state index is -0.746. The summed E-state index contributed by atoms with van der Waals surface area (Å²) in [6.07, 6.45) is 1.59. The zero-order valence-corrected chi connectivity index (χ0v) is 12.0. The summed E-state index contributed by atoms with van der Waals surface area (Å²) in [7, 11) is 0. The highest BCUT2D eigenvalue weighted by Crippen LogP contribution is 2.30. The second kappa shape index (κ2) is 4.62. The zero-order chi connectivity index (χ0) is 14.3. The summed E-state index contributed by atoms with van der Waals surface area (Å²) in [6.45, 7) is 4.79. The van der Waals surface area contributed by atoms with Gasteiger partial charge in [-0.15, -0.1) is 0 Å². The molecule has 1 aliphatic heterocycles. The lowest BCUT2D eigenvalue weighted by Gasteiger charge is -2.42. The number of piperazine rings is 1. The van der Waals surface area contributed by atoms with Crippen LogP contribution in [0, 0.1) is 5.92 Å². The Morgan fingerprint density at radius 2 is 1.85 bits per heavy atom. The molecule has 1 aromatic rings. The number of carbonyl (C=O) groups is 2. The molecule has 1 aromatic carbocycles. The molecule has 0 atom stereocenters. The molecule has 0 bridgehead atoms. The maximum Gasteiger partial charge on any atom is 0.245 e. The van der Waals surface area contributed by atoms with Crippen molar-refractivity contribution in [3.63, 3.8) is 0 Å². The van der Waals surface area contributed by atoms with Crippen LogP contribution in [0.2, 0.25) is 0 Å². The monoisotopic (exact) mass is 272 g/mol. The van der Waals surface area contributed by atoms with Crippen LogP contribution < -0.4 is 5.32 Å². The standard InChI is InChI=1S/C16H20N2O2/c1-16(2)15(20)17-7-8-18(16)14(19)13-9-11-5-3-4-6-12(11)10-13/h3-6,13H,7-10H2,1-2H3,(H,17,20). The largest absolute Gasteiger partial charge is 0.352 e. The Bertz CT molecular complexity index is 540. The van der Waals surface area contributed by atoms with E-state index in [-0.39, 0.29) is 17.7 Å². The molecule has 20 heavy (non-hydrogen) atoms. The minimum absolute atomic E-state index is 0.0161. The van der Waals surface area contributed by atoms with E-state index >= 15 is 0 Å². The lowest BCUT2D eigenvalue weighted by Crippen LogP contribution is -2.64. The molecule has 1 aliphatic carbocycles. The molecule has 0 spiro atoms. The van der Waals surface area contributed by atoms with Gasteiger partial charge in [0.2, 0.25) is 11.8 Å². The number of benzene rings is 1. The first-order valence-corrected chi connectivity index (χ1v) is 7.16. The third-order valence-corrected chi connectivity index (χ3v) is 4.52. The van der Waals surface area contributed by atoms with E-state index in [1.165, 1.54) is 11.1 Å². The van der Waals surface area contributed by atoms with Crippen molar-refractivity contribution in [2.75, 3.05) is 13.1 Å². The van der Waals surface area contributed by atoms with Gasteiger partial charge in [-0.25, -0.2) is 0 Å². The van der Waals surface area contributed by atoms with E-state index in [9.17, 15) is 9.59 Å². The third kappa shape index (κ3) is 1.99. The van der Waals surface area contributed by atoms with Gasteiger partial charge < -0.3 is 10.2 Å². The summed E-state index contributed by atoms with van der Waals surface area (Å²) in [6, 6.07) is 8.22. The molecular formula is C16H20N2O2. The molecule has 106 valence electrons. The normalized spacial score (nSPS) is 21.5. The van der Waals surface area contributed by atoms with Gasteiger partial charge in [0, 0.05) is 19.0 Å². The van der Waals surface area contributed by atoms with Gasteiger partial charge in [-0.1, -0.05) is 24.3 Å². The fraction of sp³-hybridized carbons (Fsp3) is 0.500. The molecule has 0 radical (unpaired) electrons. The molecule has 2 amide bonds. The van der Waals surface area contributed by atoms with E-state index in [0.29, 0.717) is 13.1 Å². The molecule has 0 unspecified atom stereocenters. The quantitative estimate of drug-likeness (QED) is 0.833. The molecule has 1 fully saturated rings. The van der Waals surface area contributed by atoms with Crippen molar-refractivity contribution in [2.24, 2.45) is 5.92 Å². The first-order chi connectivity index (χ1) is 9.50. The van der Waals surface area contributed by atoms with Gasteiger partial charge in [0.1, 0.15) is 5.54 Å². The summed E-state index contributed by atoms with van der Waals surface area (Å²) in [5.41, 5.74) is 1.79. The highest BCUT2D eigenvalue weighted by Gasteiger charge is 2.43. The molecule has 1 heterocycles. The van der Waals surface area contributed by atoms with E-state index in [4.69, 9.17) is 0 Å². The SMILES string of the molecule is CC1(C)C(=O)NCCN1C(=O)C1Cc2ccccc2C1.